The zero-order valence-corrected chi connectivity index (χ0v) is 22.1. The maximum atomic E-state index is 13.0. The van der Waals surface area contributed by atoms with E-state index >= 15 is 0 Å². The maximum Gasteiger partial charge on any atom is 0.413 e. The van der Waals surface area contributed by atoms with E-state index in [2.05, 4.69) is 10.2 Å². The second-order valence-corrected chi connectivity index (χ2v) is 12.8. The number of aromatic nitrogens is 4. The third-order valence-electron chi connectivity index (χ3n) is 4.32. The summed E-state index contributed by atoms with van der Waals surface area (Å²) in [5.74, 6) is -1.01. The SMILES string of the molecule is CCOC(=O)c1ccnn1CCC(O[Si](C)(C)C)C(F)(F)F.CCOC(=O)c1ccnn1CCC=O. The number of aldehydes is 1. The molecule has 2 aromatic rings. The number of ether oxygens (including phenoxy) is 2. The second-order valence-electron chi connectivity index (χ2n) is 8.32. The molecule has 10 nitrogen and oxygen atoms in total. The molecule has 14 heteroatoms. The molecular formula is C22H33F3N4O6Si. The van der Waals surface area contributed by atoms with E-state index in [1.165, 1.54) is 27.8 Å². The van der Waals surface area contributed by atoms with Gasteiger partial charge in [0.2, 0.25) is 0 Å². The zero-order valence-electron chi connectivity index (χ0n) is 21.1. The van der Waals surface area contributed by atoms with Gasteiger partial charge in [-0.3, -0.25) is 9.36 Å². The molecule has 0 fully saturated rings. The fraction of sp³-hybridized carbons (Fsp3) is 0.591. The highest BCUT2D eigenvalue weighted by molar-refractivity contribution is 6.69. The van der Waals surface area contributed by atoms with E-state index in [-0.39, 0.29) is 25.3 Å². The average molecular weight is 535 g/mol. The van der Waals surface area contributed by atoms with Crippen LogP contribution < -0.4 is 0 Å². The Bertz CT molecular complexity index is 972. The molecule has 1 unspecified atom stereocenters. The molecule has 2 rings (SSSR count). The quantitative estimate of drug-likeness (QED) is 0.229. The standard InChI is InChI=1S/C13H21F3N2O3Si.C9H12N2O3/c1-5-20-12(19)10-6-8-17-18(10)9-7-11(13(14,15)16)21-22(2,3)4;1-2-14-9(13)8-4-5-10-11(8)6-3-7-12/h6,8,11H,5,7,9H2,1-4H3;4-5,7H,2-3,6H2,1H3. The molecule has 0 aliphatic rings. The van der Waals surface area contributed by atoms with Crippen LogP contribution in [0.4, 0.5) is 13.2 Å². The maximum absolute atomic E-state index is 13.0. The number of hydrogen-bond donors (Lipinski definition) is 0. The van der Waals surface area contributed by atoms with Crippen LogP contribution in [0.1, 0.15) is 47.7 Å². The van der Waals surface area contributed by atoms with Gasteiger partial charge in [0.25, 0.3) is 0 Å². The molecule has 2 heterocycles. The first kappa shape index (κ1) is 31.0. The van der Waals surface area contributed by atoms with Gasteiger partial charge in [-0.15, -0.1) is 0 Å². The van der Waals surface area contributed by atoms with E-state index < -0.39 is 32.5 Å². The van der Waals surface area contributed by atoms with E-state index in [4.69, 9.17) is 13.9 Å². The lowest BCUT2D eigenvalue weighted by Crippen LogP contribution is -2.41. The molecule has 0 saturated carbocycles. The summed E-state index contributed by atoms with van der Waals surface area (Å²) in [6.07, 6.45) is -2.62. The van der Waals surface area contributed by atoms with E-state index in [1.54, 1.807) is 39.6 Å². The van der Waals surface area contributed by atoms with E-state index in [9.17, 15) is 27.6 Å². The molecule has 36 heavy (non-hydrogen) atoms. The largest absolute Gasteiger partial charge is 0.461 e. The Morgan fingerprint density at radius 1 is 0.972 bits per heavy atom. The van der Waals surface area contributed by atoms with Crippen molar-refractivity contribution >= 4 is 26.5 Å². The minimum atomic E-state index is -4.45. The van der Waals surface area contributed by atoms with Crippen molar-refractivity contribution in [3.63, 3.8) is 0 Å². The number of alkyl halides is 3. The van der Waals surface area contributed by atoms with Gasteiger partial charge in [-0.05, 0) is 45.6 Å². The van der Waals surface area contributed by atoms with Gasteiger partial charge in [0.15, 0.2) is 8.32 Å². The summed E-state index contributed by atoms with van der Waals surface area (Å²) in [5.41, 5.74) is 0.518. The molecule has 0 aromatic carbocycles. The highest BCUT2D eigenvalue weighted by atomic mass is 28.4. The molecule has 0 bridgehead atoms. The van der Waals surface area contributed by atoms with Crippen molar-refractivity contribution in [3.8, 4) is 0 Å². The second kappa shape index (κ2) is 14.5. The topological polar surface area (TPSA) is 115 Å². The lowest BCUT2D eigenvalue weighted by Gasteiger charge is -2.28. The van der Waals surface area contributed by atoms with Crippen LogP contribution in [0.5, 0.6) is 0 Å². The Balaban J connectivity index is 0.000000397. The fourth-order valence-electron chi connectivity index (χ4n) is 2.91. The molecule has 1 atom stereocenters. The average Bonchev–Trinajstić information content (AvgIpc) is 3.44. The molecule has 202 valence electrons. The molecule has 0 aliphatic carbocycles. The summed E-state index contributed by atoms with van der Waals surface area (Å²) >= 11 is 0. The van der Waals surface area contributed by atoms with Gasteiger partial charge in [-0.1, -0.05) is 0 Å². The van der Waals surface area contributed by atoms with E-state index in [0.29, 0.717) is 25.3 Å². The van der Waals surface area contributed by atoms with Gasteiger partial charge in [0.05, 0.1) is 13.2 Å². The number of carbonyl (C=O) groups is 3. The molecule has 0 N–H and O–H groups in total. The predicted molar refractivity (Wildman–Crippen MR) is 126 cm³/mol. The van der Waals surface area contributed by atoms with Crippen molar-refractivity contribution in [2.24, 2.45) is 0 Å². The Hall–Kier alpha value is -3.00. The van der Waals surface area contributed by atoms with Gasteiger partial charge in [0, 0.05) is 38.3 Å². The van der Waals surface area contributed by atoms with Gasteiger partial charge in [-0.25, -0.2) is 9.59 Å². The highest BCUT2D eigenvalue weighted by Crippen LogP contribution is 2.28. The lowest BCUT2D eigenvalue weighted by molar-refractivity contribution is -0.200. The lowest BCUT2D eigenvalue weighted by atomic mass is 10.2. The molecule has 0 spiro atoms. The van der Waals surface area contributed by atoms with E-state index in [0.717, 1.165) is 6.29 Å². The van der Waals surface area contributed by atoms with Gasteiger partial charge >= 0.3 is 18.1 Å². The molecular weight excluding hydrogens is 501 g/mol. The summed E-state index contributed by atoms with van der Waals surface area (Å²) < 4.78 is 56.6. The van der Waals surface area contributed by atoms with E-state index in [1.807, 2.05) is 0 Å². The zero-order chi connectivity index (χ0) is 27.4. The molecule has 0 saturated heterocycles. The minimum absolute atomic E-state index is 0.0736. The number of halogens is 3. The van der Waals surface area contributed by atoms with Gasteiger partial charge < -0.3 is 18.7 Å². The normalized spacial score (nSPS) is 12.3. The number of esters is 2. The van der Waals surface area contributed by atoms with Crippen LogP contribution in [-0.2, 0) is 31.8 Å². The summed E-state index contributed by atoms with van der Waals surface area (Å²) in [7, 11) is -2.34. The number of hydrogen-bond acceptors (Lipinski definition) is 8. The monoisotopic (exact) mass is 534 g/mol. The van der Waals surface area contributed by atoms with Crippen molar-refractivity contribution in [2.45, 2.75) is 71.7 Å². The van der Waals surface area contributed by atoms with Crippen LogP contribution in [-0.4, -0.2) is 71.6 Å². The number of aryl methyl sites for hydroxylation is 2. The third-order valence-corrected chi connectivity index (χ3v) is 5.32. The van der Waals surface area contributed by atoms with Crippen LogP contribution in [0.15, 0.2) is 24.5 Å². The minimum Gasteiger partial charge on any atom is -0.461 e. The Morgan fingerprint density at radius 3 is 1.83 bits per heavy atom. The molecule has 2 aromatic heterocycles. The number of carbonyl (C=O) groups excluding carboxylic acids is 3. The van der Waals surface area contributed by atoms with Crippen LogP contribution in [0.2, 0.25) is 19.6 Å². The molecule has 0 aliphatic heterocycles. The van der Waals surface area contributed by atoms with Gasteiger partial charge in [-0.2, -0.15) is 23.4 Å². The van der Waals surface area contributed by atoms with Crippen molar-refractivity contribution in [3.05, 3.63) is 35.9 Å². The van der Waals surface area contributed by atoms with Crippen LogP contribution in [0, 0.1) is 0 Å². The van der Waals surface area contributed by atoms with Crippen LogP contribution in [0.3, 0.4) is 0 Å². The Morgan fingerprint density at radius 2 is 1.44 bits per heavy atom. The summed E-state index contributed by atoms with van der Waals surface area (Å²) in [5, 5.41) is 7.79. The number of rotatable bonds is 12. The Labute approximate surface area is 208 Å². The van der Waals surface area contributed by atoms with Crippen molar-refractivity contribution in [1.29, 1.82) is 0 Å². The number of nitrogens with zero attached hydrogens (tertiary/aromatic N) is 4. The predicted octanol–water partition coefficient (Wildman–Crippen LogP) is 3.88. The summed E-state index contributed by atoms with van der Waals surface area (Å²) in [6.45, 7) is 9.34. The van der Waals surface area contributed by atoms with Crippen molar-refractivity contribution in [1.82, 2.24) is 19.6 Å². The molecule has 0 amide bonds. The van der Waals surface area contributed by atoms with Gasteiger partial charge in [0.1, 0.15) is 23.8 Å². The van der Waals surface area contributed by atoms with Crippen LogP contribution in [0.25, 0.3) is 0 Å². The van der Waals surface area contributed by atoms with Crippen LogP contribution >= 0.6 is 0 Å². The first-order valence-corrected chi connectivity index (χ1v) is 14.8. The smallest absolute Gasteiger partial charge is 0.413 e. The van der Waals surface area contributed by atoms with Crippen molar-refractivity contribution < 1.29 is 41.5 Å². The first-order valence-electron chi connectivity index (χ1n) is 11.4. The Kier molecular flexibility index (Phi) is 12.5. The summed E-state index contributed by atoms with van der Waals surface area (Å²) in [4.78, 5) is 33.1. The highest BCUT2D eigenvalue weighted by Gasteiger charge is 2.42. The molecule has 0 radical (unpaired) electrons. The third kappa shape index (κ3) is 10.7. The summed E-state index contributed by atoms with van der Waals surface area (Å²) in [6, 6.07) is 2.99. The van der Waals surface area contributed by atoms with Crippen molar-refractivity contribution in [2.75, 3.05) is 13.2 Å². The first-order chi connectivity index (χ1) is 16.8. The fourth-order valence-corrected chi connectivity index (χ4v) is 4.01.